The molecule has 22 heavy (non-hydrogen) atoms. The Balaban J connectivity index is 1.73. The highest BCUT2D eigenvalue weighted by Crippen LogP contribution is 2.33. The molecule has 1 aliphatic heterocycles. The maximum absolute atomic E-state index is 12.7. The van der Waals surface area contributed by atoms with Crippen LogP contribution in [0, 0.1) is 11.3 Å². The Kier molecular flexibility index (Phi) is 3.81. The number of carbonyl (C=O) groups excluding carboxylic acids is 1. The molecule has 3 rings (SSSR count). The summed E-state index contributed by atoms with van der Waals surface area (Å²) in [5.74, 6) is 0.228. The monoisotopic (exact) mass is 303 g/mol. The lowest BCUT2D eigenvalue weighted by Crippen LogP contribution is -2.35. The fourth-order valence-corrected chi connectivity index (χ4v) is 2.74. The lowest BCUT2D eigenvalue weighted by atomic mass is 9.90. The molecule has 0 spiro atoms. The van der Waals surface area contributed by atoms with E-state index >= 15 is 0 Å². The fraction of sp³-hybridized carbons (Fsp3) is 0.529. The van der Waals surface area contributed by atoms with Gasteiger partial charge in [0.05, 0.1) is 17.6 Å². The molecule has 1 atom stereocenters. The predicted octanol–water partition coefficient (Wildman–Crippen LogP) is 2.41. The number of benzene rings is 1. The number of ether oxygens (including phenoxy) is 1. The number of rotatable bonds is 5. The Morgan fingerprint density at radius 2 is 2.09 bits per heavy atom. The number of hydrogen-bond donors (Lipinski definition) is 1. The first-order chi connectivity index (χ1) is 10.5. The van der Waals surface area contributed by atoms with Crippen molar-refractivity contribution in [2.24, 2.45) is 11.3 Å². The van der Waals surface area contributed by atoms with E-state index in [0.29, 0.717) is 36.8 Å². The molecule has 0 bridgehead atoms. The maximum atomic E-state index is 12.7. The molecular formula is C17H21NO4. The quantitative estimate of drug-likeness (QED) is 0.907. The minimum absolute atomic E-state index is 0.142. The Bertz CT molecular complexity index is 596. The van der Waals surface area contributed by atoms with Crippen molar-refractivity contribution in [1.82, 2.24) is 4.90 Å². The molecule has 1 amide bonds. The van der Waals surface area contributed by atoms with E-state index < -0.39 is 11.4 Å². The molecule has 1 aliphatic carbocycles. The van der Waals surface area contributed by atoms with Gasteiger partial charge in [-0.15, -0.1) is 0 Å². The number of likely N-dealkylation sites (tertiary alicyclic amines) is 1. The standard InChI is InChI=1S/C17H21NO4/c1-17(16(20)21)8-9-18(11-17)15(19)13-4-2-3-5-14(13)22-10-12-6-7-12/h2-5,12H,6-11H2,1H3,(H,20,21). The number of carbonyl (C=O) groups is 2. The molecule has 5 heteroatoms. The molecule has 2 aliphatic rings. The van der Waals surface area contributed by atoms with Crippen molar-refractivity contribution in [3.8, 4) is 5.75 Å². The third-order valence-corrected chi connectivity index (χ3v) is 4.57. The second-order valence-corrected chi connectivity index (χ2v) is 6.59. The van der Waals surface area contributed by atoms with Gasteiger partial charge in [-0.25, -0.2) is 0 Å². The summed E-state index contributed by atoms with van der Waals surface area (Å²) in [5, 5.41) is 9.29. The van der Waals surface area contributed by atoms with Gasteiger partial charge in [0.1, 0.15) is 5.75 Å². The first kappa shape index (κ1) is 14.9. The predicted molar refractivity (Wildman–Crippen MR) is 80.9 cm³/mol. The molecule has 1 saturated heterocycles. The summed E-state index contributed by atoms with van der Waals surface area (Å²) in [4.78, 5) is 25.6. The molecule has 0 aromatic heterocycles. The SMILES string of the molecule is CC1(C(=O)O)CCN(C(=O)c2ccccc2OCC2CC2)C1. The van der Waals surface area contributed by atoms with E-state index in [0.717, 1.165) is 0 Å². The van der Waals surface area contributed by atoms with Crippen LogP contribution >= 0.6 is 0 Å². The van der Waals surface area contributed by atoms with Gasteiger partial charge >= 0.3 is 5.97 Å². The van der Waals surface area contributed by atoms with Gasteiger partial charge in [0, 0.05) is 13.1 Å². The summed E-state index contributed by atoms with van der Waals surface area (Å²) in [6, 6.07) is 7.22. The van der Waals surface area contributed by atoms with E-state index in [4.69, 9.17) is 4.74 Å². The summed E-state index contributed by atoms with van der Waals surface area (Å²) < 4.78 is 5.78. The highest BCUT2D eigenvalue weighted by molar-refractivity contribution is 5.97. The summed E-state index contributed by atoms with van der Waals surface area (Å²) in [6.07, 6.45) is 2.87. The zero-order valence-corrected chi connectivity index (χ0v) is 12.7. The lowest BCUT2D eigenvalue weighted by Gasteiger charge is -2.21. The maximum Gasteiger partial charge on any atom is 0.311 e. The second kappa shape index (κ2) is 5.63. The molecule has 1 aromatic carbocycles. The largest absolute Gasteiger partial charge is 0.492 e. The average molecular weight is 303 g/mol. The highest BCUT2D eigenvalue weighted by Gasteiger charge is 2.42. The summed E-state index contributed by atoms with van der Waals surface area (Å²) >= 11 is 0. The van der Waals surface area contributed by atoms with Gasteiger partial charge in [-0.2, -0.15) is 0 Å². The zero-order chi connectivity index (χ0) is 15.7. The smallest absolute Gasteiger partial charge is 0.311 e. The van der Waals surface area contributed by atoms with Crippen molar-refractivity contribution < 1.29 is 19.4 Å². The molecule has 1 aromatic rings. The number of carboxylic acids is 1. The minimum Gasteiger partial charge on any atom is -0.492 e. The summed E-state index contributed by atoms with van der Waals surface area (Å²) in [5.41, 5.74) is -0.322. The van der Waals surface area contributed by atoms with Gasteiger partial charge < -0.3 is 14.7 Å². The normalized spacial score (nSPS) is 24.3. The van der Waals surface area contributed by atoms with E-state index in [-0.39, 0.29) is 12.5 Å². The Morgan fingerprint density at radius 1 is 1.36 bits per heavy atom. The van der Waals surface area contributed by atoms with Crippen LogP contribution in [0.4, 0.5) is 0 Å². The van der Waals surface area contributed by atoms with Crippen molar-refractivity contribution in [1.29, 1.82) is 0 Å². The Labute approximate surface area is 129 Å². The molecular weight excluding hydrogens is 282 g/mol. The van der Waals surface area contributed by atoms with Gasteiger partial charge in [0.15, 0.2) is 0 Å². The van der Waals surface area contributed by atoms with Crippen molar-refractivity contribution in [2.75, 3.05) is 19.7 Å². The van der Waals surface area contributed by atoms with Crippen molar-refractivity contribution in [3.05, 3.63) is 29.8 Å². The number of nitrogens with zero attached hydrogens (tertiary/aromatic N) is 1. The lowest BCUT2D eigenvalue weighted by molar-refractivity contribution is -0.147. The second-order valence-electron chi connectivity index (χ2n) is 6.59. The van der Waals surface area contributed by atoms with Gasteiger partial charge in [-0.05, 0) is 44.2 Å². The van der Waals surface area contributed by atoms with Gasteiger partial charge in [0.25, 0.3) is 5.91 Å². The molecule has 5 nitrogen and oxygen atoms in total. The summed E-state index contributed by atoms with van der Waals surface area (Å²) in [6.45, 7) is 3.06. The van der Waals surface area contributed by atoms with Crippen LogP contribution in [0.3, 0.4) is 0 Å². The molecule has 2 fully saturated rings. The first-order valence-corrected chi connectivity index (χ1v) is 7.74. The van der Waals surface area contributed by atoms with Gasteiger partial charge in [0.2, 0.25) is 0 Å². The number of hydrogen-bond acceptors (Lipinski definition) is 3. The molecule has 0 radical (unpaired) electrons. The third kappa shape index (κ3) is 2.93. The van der Waals surface area contributed by atoms with Crippen LogP contribution in [-0.2, 0) is 4.79 Å². The fourth-order valence-electron chi connectivity index (χ4n) is 2.74. The van der Waals surface area contributed by atoms with Crippen molar-refractivity contribution in [2.45, 2.75) is 26.2 Å². The Hall–Kier alpha value is -2.04. The molecule has 118 valence electrons. The molecule has 1 unspecified atom stereocenters. The topological polar surface area (TPSA) is 66.8 Å². The van der Waals surface area contributed by atoms with Crippen LogP contribution in [0.15, 0.2) is 24.3 Å². The van der Waals surface area contributed by atoms with Crippen LogP contribution in [0.25, 0.3) is 0 Å². The average Bonchev–Trinajstić information content (AvgIpc) is 3.25. The molecule has 1 heterocycles. The Morgan fingerprint density at radius 3 is 2.73 bits per heavy atom. The van der Waals surface area contributed by atoms with E-state index in [1.54, 1.807) is 17.9 Å². The van der Waals surface area contributed by atoms with Gasteiger partial charge in [-0.3, -0.25) is 9.59 Å². The number of amides is 1. The van der Waals surface area contributed by atoms with Crippen LogP contribution < -0.4 is 4.74 Å². The van der Waals surface area contributed by atoms with Crippen molar-refractivity contribution in [3.63, 3.8) is 0 Å². The first-order valence-electron chi connectivity index (χ1n) is 7.74. The number of para-hydroxylation sites is 1. The van der Waals surface area contributed by atoms with E-state index in [1.165, 1.54) is 12.8 Å². The zero-order valence-electron chi connectivity index (χ0n) is 12.7. The van der Waals surface area contributed by atoms with E-state index in [9.17, 15) is 14.7 Å². The molecule has 1 N–H and O–H groups in total. The van der Waals surface area contributed by atoms with E-state index in [2.05, 4.69) is 0 Å². The minimum atomic E-state index is -0.848. The van der Waals surface area contributed by atoms with E-state index in [1.807, 2.05) is 18.2 Å². The van der Waals surface area contributed by atoms with Crippen LogP contribution in [-0.4, -0.2) is 41.6 Å². The van der Waals surface area contributed by atoms with Crippen LogP contribution in [0.2, 0.25) is 0 Å². The highest BCUT2D eigenvalue weighted by atomic mass is 16.5. The number of carboxylic acid groups (broad SMARTS) is 1. The number of aliphatic carboxylic acids is 1. The molecule has 1 saturated carbocycles. The van der Waals surface area contributed by atoms with Gasteiger partial charge in [-0.1, -0.05) is 12.1 Å². The van der Waals surface area contributed by atoms with Crippen molar-refractivity contribution >= 4 is 11.9 Å². The van der Waals surface area contributed by atoms with Crippen LogP contribution in [0.5, 0.6) is 5.75 Å². The van der Waals surface area contributed by atoms with Crippen LogP contribution in [0.1, 0.15) is 36.5 Å². The third-order valence-electron chi connectivity index (χ3n) is 4.57. The summed E-state index contributed by atoms with van der Waals surface area (Å²) in [7, 11) is 0.